The molecule has 0 aromatic carbocycles. The maximum Gasteiger partial charge on any atom is 0.244 e. The van der Waals surface area contributed by atoms with Gasteiger partial charge in [0.05, 0.1) is 6.61 Å². The van der Waals surface area contributed by atoms with E-state index >= 15 is 0 Å². The molecule has 0 aliphatic rings. The highest BCUT2D eigenvalue weighted by molar-refractivity contribution is 5.76. The summed E-state index contributed by atoms with van der Waals surface area (Å²) in [5.74, 6) is 0.0804. The zero-order chi connectivity index (χ0) is 12.7. The molecule has 0 saturated heterocycles. The molecule has 7 nitrogen and oxygen atoms in total. The van der Waals surface area contributed by atoms with E-state index in [2.05, 4.69) is 16.7 Å². The van der Waals surface area contributed by atoms with Crippen molar-refractivity contribution in [3.05, 3.63) is 19.0 Å². The Balaban J connectivity index is 2.54. The highest BCUT2D eigenvalue weighted by atomic mass is 16.5. The maximum atomic E-state index is 11.9. The third-order valence-electron chi connectivity index (χ3n) is 2.12. The molecule has 0 atom stereocenters. The lowest BCUT2D eigenvalue weighted by Gasteiger charge is -2.20. The second-order valence-electron chi connectivity index (χ2n) is 3.42. The van der Waals surface area contributed by atoms with Gasteiger partial charge in [0.25, 0.3) is 0 Å². The van der Waals surface area contributed by atoms with Gasteiger partial charge in [-0.3, -0.25) is 4.79 Å². The highest BCUT2D eigenvalue weighted by Crippen LogP contribution is 1.96. The van der Waals surface area contributed by atoms with Crippen molar-refractivity contribution in [3.8, 4) is 0 Å². The largest absolute Gasteiger partial charge is 0.383 e. The van der Waals surface area contributed by atoms with Crippen LogP contribution in [0, 0.1) is 0 Å². The number of anilines is 1. The molecule has 0 aliphatic carbocycles. The summed E-state index contributed by atoms with van der Waals surface area (Å²) < 4.78 is 6.34. The molecular formula is C10H17N5O2. The summed E-state index contributed by atoms with van der Waals surface area (Å²) in [6.45, 7) is 5.21. The SMILES string of the molecule is C=CCN(CCOC)C(=O)Cn1cnc(N)n1. The predicted octanol–water partition coefficient (Wildman–Crippen LogP) is -0.479. The number of methoxy groups -OCH3 is 1. The van der Waals surface area contributed by atoms with Gasteiger partial charge in [0, 0.05) is 20.2 Å². The fraction of sp³-hybridized carbons (Fsp3) is 0.500. The summed E-state index contributed by atoms with van der Waals surface area (Å²) in [4.78, 5) is 17.3. The van der Waals surface area contributed by atoms with Crippen LogP contribution in [0.2, 0.25) is 0 Å². The summed E-state index contributed by atoms with van der Waals surface area (Å²) in [7, 11) is 1.59. The molecule has 0 radical (unpaired) electrons. The van der Waals surface area contributed by atoms with E-state index in [0.29, 0.717) is 19.7 Å². The van der Waals surface area contributed by atoms with Crippen molar-refractivity contribution < 1.29 is 9.53 Å². The highest BCUT2D eigenvalue weighted by Gasteiger charge is 2.13. The Morgan fingerprint density at radius 3 is 3.06 bits per heavy atom. The van der Waals surface area contributed by atoms with Crippen molar-refractivity contribution in [1.29, 1.82) is 0 Å². The Kier molecular flexibility index (Phi) is 5.15. The molecule has 0 unspecified atom stereocenters. The number of amides is 1. The van der Waals surface area contributed by atoms with Gasteiger partial charge in [0.15, 0.2) is 0 Å². The number of carbonyl (C=O) groups is 1. The van der Waals surface area contributed by atoms with Crippen molar-refractivity contribution >= 4 is 11.9 Å². The number of aromatic nitrogens is 3. The van der Waals surface area contributed by atoms with Gasteiger partial charge in [-0.1, -0.05) is 6.08 Å². The van der Waals surface area contributed by atoms with Gasteiger partial charge in [-0.25, -0.2) is 9.67 Å². The summed E-state index contributed by atoms with van der Waals surface area (Å²) in [5, 5.41) is 3.85. The van der Waals surface area contributed by atoms with E-state index < -0.39 is 0 Å². The van der Waals surface area contributed by atoms with Gasteiger partial charge in [-0.2, -0.15) is 0 Å². The van der Waals surface area contributed by atoms with Crippen LogP contribution in [-0.4, -0.2) is 52.4 Å². The predicted molar refractivity (Wildman–Crippen MR) is 63.1 cm³/mol. The number of nitrogen functional groups attached to an aromatic ring is 1. The van der Waals surface area contributed by atoms with Crippen molar-refractivity contribution in [2.24, 2.45) is 0 Å². The maximum absolute atomic E-state index is 11.9. The molecule has 0 spiro atoms. The number of rotatable bonds is 7. The fourth-order valence-corrected chi connectivity index (χ4v) is 1.30. The van der Waals surface area contributed by atoms with Crippen molar-refractivity contribution in [3.63, 3.8) is 0 Å². The minimum Gasteiger partial charge on any atom is -0.383 e. The van der Waals surface area contributed by atoms with Gasteiger partial charge in [0.2, 0.25) is 11.9 Å². The summed E-state index contributed by atoms with van der Waals surface area (Å²) >= 11 is 0. The molecule has 1 aromatic rings. The van der Waals surface area contributed by atoms with E-state index in [-0.39, 0.29) is 18.4 Å². The number of hydrogen-bond donors (Lipinski definition) is 1. The van der Waals surface area contributed by atoms with Gasteiger partial charge < -0.3 is 15.4 Å². The minimum absolute atomic E-state index is 0.0770. The lowest BCUT2D eigenvalue weighted by Crippen LogP contribution is -2.36. The standard InChI is InChI=1S/C10H17N5O2/c1-3-4-14(5-6-17-2)9(16)7-15-8-12-10(11)13-15/h3,8H,1,4-7H2,2H3,(H2,11,13). The van der Waals surface area contributed by atoms with Gasteiger partial charge in [0.1, 0.15) is 12.9 Å². The zero-order valence-electron chi connectivity index (χ0n) is 9.87. The van der Waals surface area contributed by atoms with Crippen LogP contribution in [0.4, 0.5) is 5.95 Å². The summed E-state index contributed by atoms with van der Waals surface area (Å²) in [6.07, 6.45) is 3.10. The third-order valence-corrected chi connectivity index (χ3v) is 2.12. The second kappa shape index (κ2) is 6.64. The summed E-state index contributed by atoms with van der Waals surface area (Å²) in [6, 6.07) is 0. The third kappa shape index (κ3) is 4.23. The van der Waals surface area contributed by atoms with Crippen LogP contribution in [0.5, 0.6) is 0 Å². The summed E-state index contributed by atoms with van der Waals surface area (Å²) in [5.41, 5.74) is 5.37. The first-order chi connectivity index (χ1) is 8.17. The average molecular weight is 239 g/mol. The van der Waals surface area contributed by atoms with Gasteiger partial charge >= 0.3 is 0 Å². The lowest BCUT2D eigenvalue weighted by atomic mass is 10.4. The molecule has 0 saturated carbocycles. The Morgan fingerprint density at radius 2 is 2.53 bits per heavy atom. The number of carbonyl (C=O) groups excluding carboxylic acids is 1. The van der Waals surface area contributed by atoms with Crippen LogP contribution in [0.25, 0.3) is 0 Å². The van der Waals surface area contributed by atoms with Crippen LogP contribution in [0.3, 0.4) is 0 Å². The molecule has 7 heteroatoms. The number of nitrogens with zero attached hydrogens (tertiary/aromatic N) is 4. The minimum atomic E-state index is -0.0770. The van der Waals surface area contributed by atoms with E-state index in [1.165, 1.54) is 11.0 Å². The normalized spacial score (nSPS) is 10.2. The van der Waals surface area contributed by atoms with Crippen molar-refractivity contribution in [2.45, 2.75) is 6.54 Å². The average Bonchev–Trinajstić information content (AvgIpc) is 2.70. The lowest BCUT2D eigenvalue weighted by molar-refractivity contribution is -0.132. The molecule has 94 valence electrons. The van der Waals surface area contributed by atoms with Gasteiger partial charge in [-0.05, 0) is 0 Å². The molecule has 0 fully saturated rings. The van der Waals surface area contributed by atoms with E-state index in [1.807, 2.05) is 0 Å². The molecule has 2 N–H and O–H groups in total. The monoisotopic (exact) mass is 239 g/mol. The van der Waals surface area contributed by atoms with Crippen LogP contribution in [-0.2, 0) is 16.1 Å². The Morgan fingerprint density at radius 1 is 1.76 bits per heavy atom. The first-order valence-electron chi connectivity index (χ1n) is 5.20. The Labute approximate surface area is 99.9 Å². The quantitative estimate of drug-likeness (QED) is 0.649. The smallest absolute Gasteiger partial charge is 0.244 e. The topological polar surface area (TPSA) is 86.3 Å². The van der Waals surface area contributed by atoms with E-state index in [0.717, 1.165) is 0 Å². The molecule has 0 aliphatic heterocycles. The number of nitrogens with two attached hydrogens (primary N) is 1. The van der Waals surface area contributed by atoms with Crippen LogP contribution in [0.1, 0.15) is 0 Å². The molecular weight excluding hydrogens is 222 g/mol. The van der Waals surface area contributed by atoms with E-state index in [9.17, 15) is 4.79 Å². The van der Waals surface area contributed by atoms with E-state index in [4.69, 9.17) is 10.5 Å². The van der Waals surface area contributed by atoms with Crippen molar-refractivity contribution in [2.75, 3.05) is 32.5 Å². The zero-order valence-corrected chi connectivity index (χ0v) is 9.87. The molecule has 17 heavy (non-hydrogen) atoms. The first-order valence-corrected chi connectivity index (χ1v) is 5.20. The first kappa shape index (κ1) is 13.2. The van der Waals surface area contributed by atoms with Crippen molar-refractivity contribution in [1.82, 2.24) is 19.7 Å². The molecule has 1 aromatic heterocycles. The second-order valence-corrected chi connectivity index (χ2v) is 3.42. The molecule has 0 bridgehead atoms. The molecule has 1 amide bonds. The fourth-order valence-electron chi connectivity index (χ4n) is 1.30. The number of hydrogen-bond acceptors (Lipinski definition) is 5. The van der Waals surface area contributed by atoms with Gasteiger partial charge in [-0.15, -0.1) is 11.7 Å². The number of ether oxygens (including phenoxy) is 1. The van der Waals surface area contributed by atoms with Crippen LogP contribution < -0.4 is 5.73 Å². The van der Waals surface area contributed by atoms with Crippen LogP contribution >= 0.6 is 0 Å². The Bertz CT molecular complexity index is 377. The molecule has 1 heterocycles. The Hall–Kier alpha value is -1.89. The molecule has 1 rings (SSSR count). The van der Waals surface area contributed by atoms with E-state index in [1.54, 1.807) is 18.1 Å². The van der Waals surface area contributed by atoms with Crippen LogP contribution in [0.15, 0.2) is 19.0 Å².